The molecule has 0 unspecified atom stereocenters. The highest BCUT2D eigenvalue weighted by Gasteiger charge is 2.31. The molecule has 1 aliphatic heterocycles. The Labute approximate surface area is 150 Å². The molecule has 1 aromatic rings. The van der Waals surface area contributed by atoms with E-state index in [2.05, 4.69) is 4.90 Å². The lowest BCUT2D eigenvalue weighted by molar-refractivity contribution is 0.151. The molecule has 8 heteroatoms. The van der Waals surface area contributed by atoms with Crippen LogP contribution in [0.2, 0.25) is 0 Å². The van der Waals surface area contributed by atoms with Gasteiger partial charge in [-0.25, -0.2) is 8.42 Å². The van der Waals surface area contributed by atoms with Gasteiger partial charge >= 0.3 is 0 Å². The van der Waals surface area contributed by atoms with E-state index in [1.807, 2.05) is 20.8 Å². The third kappa shape index (κ3) is 4.63. The van der Waals surface area contributed by atoms with Crippen molar-refractivity contribution in [3.05, 3.63) is 17.7 Å². The highest BCUT2D eigenvalue weighted by molar-refractivity contribution is 7.89. The van der Waals surface area contributed by atoms with E-state index in [4.69, 9.17) is 14.6 Å². The van der Waals surface area contributed by atoms with Crippen molar-refractivity contribution in [2.45, 2.75) is 25.7 Å². The number of piperazine rings is 1. The van der Waals surface area contributed by atoms with E-state index < -0.39 is 10.0 Å². The number of hydrogen-bond acceptors (Lipinski definition) is 6. The fourth-order valence-electron chi connectivity index (χ4n) is 2.90. The molecule has 1 saturated heterocycles. The molecule has 0 saturated carbocycles. The number of rotatable bonds is 8. The van der Waals surface area contributed by atoms with Crippen LogP contribution in [0.25, 0.3) is 0 Å². The van der Waals surface area contributed by atoms with Crippen molar-refractivity contribution in [3.8, 4) is 11.5 Å². The average Bonchev–Trinajstić information content (AvgIpc) is 2.58. The first-order valence-corrected chi connectivity index (χ1v) is 10.1. The first kappa shape index (κ1) is 20.0. The lowest BCUT2D eigenvalue weighted by Gasteiger charge is -2.33. The van der Waals surface area contributed by atoms with Crippen LogP contribution in [0, 0.1) is 6.92 Å². The number of β-amino-alcohol motifs (C(OH)–C–C–N with tert-alkyl or cyclic N) is 1. The smallest absolute Gasteiger partial charge is 0.246 e. The second kappa shape index (κ2) is 8.84. The second-order valence-corrected chi connectivity index (χ2v) is 7.81. The zero-order valence-corrected chi connectivity index (χ0v) is 16.0. The van der Waals surface area contributed by atoms with E-state index in [0.29, 0.717) is 57.4 Å². The van der Waals surface area contributed by atoms with Crippen LogP contribution in [-0.4, -0.2) is 75.3 Å². The summed E-state index contributed by atoms with van der Waals surface area (Å²) in [4.78, 5) is 2.20. The first-order chi connectivity index (χ1) is 11.9. The van der Waals surface area contributed by atoms with E-state index in [1.165, 1.54) is 4.31 Å². The molecule has 25 heavy (non-hydrogen) atoms. The van der Waals surface area contributed by atoms with Crippen molar-refractivity contribution < 1.29 is 23.0 Å². The van der Waals surface area contributed by atoms with E-state index in [9.17, 15) is 8.42 Å². The predicted octanol–water partition coefficient (Wildman–Crippen LogP) is 1.09. The summed E-state index contributed by atoms with van der Waals surface area (Å²) in [5.41, 5.74) is 0.844. The number of aliphatic hydroxyl groups is 1. The van der Waals surface area contributed by atoms with Gasteiger partial charge in [-0.05, 0) is 32.4 Å². The summed E-state index contributed by atoms with van der Waals surface area (Å²) in [5, 5.41) is 9.02. The quantitative estimate of drug-likeness (QED) is 0.736. The van der Waals surface area contributed by atoms with Gasteiger partial charge in [0.2, 0.25) is 10.0 Å². The fourth-order valence-corrected chi connectivity index (χ4v) is 4.45. The van der Waals surface area contributed by atoms with Gasteiger partial charge in [-0.2, -0.15) is 4.31 Å². The molecule has 1 fully saturated rings. The fraction of sp³-hybridized carbons (Fsp3) is 0.647. The lowest BCUT2D eigenvalue weighted by Crippen LogP contribution is -2.49. The van der Waals surface area contributed by atoms with E-state index in [-0.39, 0.29) is 11.5 Å². The zero-order chi connectivity index (χ0) is 18.4. The van der Waals surface area contributed by atoms with Gasteiger partial charge in [0.25, 0.3) is 0 Å². The molecule has 0 atom stereocenters. The molecule has 1 aliphatic rings. The van der Waals surface area contributed by atoms with Crippen molar-refractivity contribution in [2.24, 2.45) is 0 Å². The van der Waals surface area contributed by atoms with Crippen LogP contribution < -0.4 is 9.47 Å². The maximum absolute atomic E-state index is 13.1. The molecule has 1 heterocycles. The predicted molar refractivity (Wildman–Crippen MR) is 95.8 cm³/mol. The molecule has 0 amide bonds. The maximum atomic E-state index is 13.1. The number of hydrogen-bond donors (Lipinski definition) is 1. The van der Waals surface area contributed by atoms with Crippen LogP contribution in [0.1, 0.15) is 19.4 Å². The van der Waals surface area contributed by atoms with Gasteiger partial charge in [0, 0.05) is 38.8 Å². The van der Waals surface area contributed by atoms with Crippen LogP contribution in [0.3, 0.4) is 0 Å². The summed E-state index contributed by atoms with van der Waals surface area (Å²) in [6.45, 7) is 9.07. The summed E-state index contributed by atoms with van der Waals surface area (Å²) in [6.07, 6.45) is 0. The number of aliphatic hydroxyl groups excluding tert-OH is 1. The molecular formula is C17H28N2O5S. The molecule has 0 aliphatic carbocycles. The van der Waals surface area contributed by atoms with Crippen molar-refractivity contribution >= 4 is 10.0 Å². The third-order valence-electron chi connectivity index (χ3n) is 4.21. The minimum Gasteiger partial charge on any atom is -0.494 e. The first-order valence-electron chi connectivity index (χ1n) is 8.67. The Balaban J connectivity index is 2.32. The summed E-state index contributed by atoms with van der Waals surface area (Å²) < 4.78 is 38.9. The van der Waals surface area contributed by atoms with Gasteiger partial charge in [0.15, 0.2) is 0 Å². The number of nitrogens with zero attached hydrogens (tertiary/aromatic N) is 2. The van der Waals surface area contributed by atoms with Crippen LogP contribution in [0.4, 0.5) is 0 Å². The van der Waals surface area contributed by atoms with Crippen LogP contribution >= 0.6 is 0 Å². The number of aryl methyl sites for hydroxylation is 1. The molecule has 0 radical (unpaired) electrons. The maximum Gasteiger partial charge on any atom is 0.246 e. The third-order valence-corrected chi connectivity index (χ3v) is 6.13. The number of sulfonamides is 1. The highest BCUT2D eigenvalue weighted by Crippen LogP contribution is 2.34. The monoisotopic (exact) mass is 372 g/mol. The van der Waals surface area contributed by atoms with Gasteiger partial charge in [0.1, 0.15) is 16.4 Å². The van der Waals surface area contributed by atoms with Crippen LogP contribution in [-0.2, 0) is 10.0 Å². The standard InChI is InChI=1S/C17H28N2O5S/c1-4-23-15-13-17(16(24-5-2)12-14(15)3)25(21,22)19-8-6-18(7-9-19)10-11-20/h12-13,20H,4-11H2,1-3H3. The Morgan fingerprint density at radius 1 is 1.04 bits per heavy atom. The van der Waals surface area contributed by atoms with E-state index in [0.717, 1.165) is 5.56 Å². The minimum atomic E-state index is -3.67. The van der Waals surface area contributed by atoms with Gasteiger partial charge in [0.05, 0.1) is 19.8 Å². The average molecular weight is 372 g/mol. The molecule has 0 aromatic heterocycles. The Hall–Kier alpha value is -1.35. The molecule has 0 bridgehead atoms. The SMILES string of the molecule is CCOc1cc(S(=O)(=O)N2CCN(CCO)CC2)c(OCC)cc1C. The molecule has 7 nitrogen and oxygen atoms in total. The summed E-state index contributed by atoms with van der Waals surface area (Å²) >= 11 is 0. The van der Waals surface area contributed by atoms with Gasteiger partial charge in [-0.15, -0.1) is 0 Å². The molecule has 1 N–H and O–H groups in total. The number of ether oxygens (including phenoxy) is 2. The van der Waals surface area contributed by atoms with Gasteiger partial charge in [-0.1, -0.05) is 0 Å². The molecule has 142 valence electrons. The van der Waals surface area contributed by atoms with Crippen molar-refractivity contribution in [1.29, 1.82) is 0 Å². The van der Waals surface area contributed by atoms with Crippen molar-refractivity contribution in [3.63, 3.8) is 0 Å². The summed E-state index contributed by atoms with van der Waals surface area (Å²) in [6, 6.07) is 3.29. The normalized spacial score (nSPS) is 16.8. The highest BCUT2D eigenvalue weighted by atomic mass is 32.2. The molecule has 2 rings (SSSR count). The van der Waals surface area contributed by atoms with Gasteiger partial charge < -0.3 is 14.6 Å². The van der Waals surface area contributed by atoms with Crippen molar-refractivity contribution in [1.82, 2.24) is 9.21 Å². The van der Waals surface area contributed by atoms with Crippen LogP contribution in [0.5, 0.6) is 11.5 Å². The van der Waals surface area contributed by atoms with Crippen molar-refractivity contribution in [2.75, 3.05) is 52.5 Å². The molecular weight excluding hydrogens is 344 g/mol. The van der Waals surface area contributed by atoms with E-state index >= 15 is 0 Å². The number of benzene rings is 1. The van der Waals surface area contributed by atoms with E-state index in [1.54, 1.807) is 12.1 Å². The largest absolute Gasteiger partial charge is 0.494 e. The minimum absolute atomic E-state index is 0.0803. The summed E-state index contributed by atoms with van der Waals surface area (Å²) in [7, 11) is -3.67. The molecule has 1 aromatic carbocycles. The Bertz CT molecular complexity index is 670. The second-order valence-electron chi connectivity index (χ2n) is 5.90. The Morgan fingerprint density at radius 2 is 1.64 bits per heavy atom. The Kier molecular flexibility index (Phi) is 7.06. The van der Waals surface area contributed by atoms with Gasteiger partial charge in [-0.3, -0.25) is 4.90 Å². The Morgan fingerprint density at radius 3 is 2.20 bits per heavy atom. The zero-order valence-electron chi connectivity index (χ0n) is 15.2. The topological polar surface area (TPSA) is 79.3 Å². The molecule has 0 spiro atoms. The summed E-state index contributed by atoms with van der Waals surface area (Å²) in [5.74, 6) is 0.921. The van der Waals surface area contributed by atoms with Crippen LogP contribution in [0.15, 0.2) is 17.0 Å². The lowest BCUT2D eigenvalue weighted by atomic mass is 10.2.